The van der Waals surface area contributed by atoms with E-state index in [1.165, 1.54) is 0 Å². The third-order valence-electron chi connectivity index (χ3n) is 1.00. The van der Waals surface area contributed by atoms with Crippen molar-refractivity contribution < 1.29 is 9.63 Å². The highest BCUT2D eigenvalue weighted by atomic mass is 16.7. The van der Waals surface area contributed by atoms with Crippen molar-refractivity contribution in [3.63, 3.8) is 0 Å². The van der Waals surface area contributed by atoms with Crippen LogP contribution in [0.5, 0.6) is 0 Å². The molecule has 11 heavy (non-hydrogen) atoms. The van der Waals surface area contributed by atoms with E-state index in [9.17, 15) is 4.79 Å². The normalized spacial score (nSPS) is 10.7. The molecule has 0 bridgehead atoms. The molecule has 0 rings (SSSR count). The second-order valence-corrected chi connectivity index (χ2v) is 3.29. The molecule has 0 aliphatic heterocycles. The zero-order valence-electron chi connectivity index (χ0n) is 7.68. The number of carbonyl (C=O) groups excluding carboxylic acids is 1. The maximum atomic E-state index is 10.9. The van der Waals surface area contributed by atoms with Gasteiger partial charge in [-0.3, -0.25) is 9.63 Å². The van der Waals surface area contributed by atoms with Crippen LogP contribution < -0.4 is 5.48 Å². The minimum Gasteiger partial charge on any atom is -0.273 e. The number of nitrogens with one attached hydrogen (secondary N) is 1. The first-order valence-electron chi connectivity index (χ1n) is 3.97. The lowest BCUT2D eigenvalue weighted by Crippen LogP contribution is -2.27. The topological polar surface area (TPSA) is 38.3 Å². The quantitative estimate of drug-likeness (QED) is 0.631. The Morgan fingerprint density at radius 3 is 2.27 bits per heavy atom. The molecule has 66 valence electrons. The highest BCUT2D eigenvalue weighted by molar-refractivity contribution is 5.74. The van der Waals surface area contributed by atoms with Crippen molar-refractivity contribution in [2.24, 2.45) is 5.92 Å². The van der Waals surface area contributed by atoms with Gasteiger partial charge < -0.3 is 0 Å². The maximum absolute atomic E-state index is 10.9. The van der Waals surface area contributed by atoms with E-state index in [1.807, 2.05) is 27.7 Å². The Morgan fingerprint density at radius 2 is 1.91 bits per heavy atom. The van der Waals surface area contributed by atoms with E-state index in [1.54, 1.807) is 0 Å². The predicted octanol–water partition coefficient (Wildman–Crippen LogP) is 1.49. The van der Waals surface area contributed by atoms with Crippen LogP contribution in [0, 0.1) is 5.92 Å². The monoisotopic (exact) mass is 159 g/mol. The highest BCUT2D eigenvalue weighted by Crippen LogP contribution is 1.98. The first-order chi connectivity index (χ1) is 5.02. The Bertz CT molecular complexity index is 121. The van der Waals surface area contributed by atoms with Gasteiger partial charge in [0, 0.05) is 6.42 Å². The second kappa shape index (κ2) is 5.13. The summed E-state index contributed by atoms with van der Waals surface area (Å²) >= 11 is 0. The summed E-state index contributed by atoms with van der Waals surface area (Å²) in [6.45, 7) is 7.73. The molecule has 0 heterocycles. The molecule has 0 aromatic heterocycles. The molecule has 0 saturated carbocycles. The third kappa shape index (κ3) is 7.33. The molecule has 0 aliphatic carbocycles. The summed E-state index contributed by atoms with van der Waals surface area (Å²) in [5.74, 6) is 0.333. The minimum absolute atomic E-state index is 0.0473. The fourth-order valence-corrected chi connectivity index (χ4v) is 0.596. The van der Waals surface area contributed by atoms with Gasteiger partial charge in [-0.2, -0.15) is 0 Å². The van der Waals surface area contributed by atoms with Crippen LogP contribution in [-0.2, 0) is 9.63 Å². The van der Waals surface area contributed by atoms with Gasteiger partial charge in [-0.25, -0.2) is 5.48 Å². The number of hydroxylamine groups is 1. The second-order valence-electron chi connectivity index (χ2n) is 3.29. The van der Waals surface area contributed by atoms with Crippen LogP contribution in [0.4, 0.5) is 0 Å². The lowest BCUT2D eigenvalue weighted by Gasteiger charge is -2.09. The number of carbonyl (C=O) groups is 1. The van der Waals surface area contributed by atoms with E-state index in [0.29, 0.717) is 12.3 Å². The zero-order chi connectivity index (χ0) is 8.85. The average Bonchev–Trinajstić information content (AvgIpc) is 1.82. The Balaban J connectivity index is 3.38. The zero-order valence-corrected chi connectivity index (χ0v) is 7.68. The minimum atomic E-state index is -0.0475. The Morgan fingerprint density at radius 1 is 1.36 bits per heavy atom. The number of hydrogen-bond donors (Lipinski definition) is 1. The van der Waals surface area contributed by atoms with E-state index in [2.05, 4.69) is 5.48 Å². The van der Waals surface area contributed by atoms with Gasteiger partial charge in [0.25, 0.3) is 0 Å². The van der Waals surface area contributed by atoms with Crippen molar-refractivity contribution in [2.75, 3.05) is 0 Å². The van der Waals surface area contributed by atoms with Crippen molar-refractivity contribution in [1.82, 2.24) is 5.48 Å². The molecule has 3 heteroatoms. The van der Waals surface area contributed by atoms with Crippen LogP contribution in [0.3, 0.4) is 0 Å². The molecule has 0 atom stereocenters. The highest BCUT2D eigenvalue weighted by Gasteiger charge is 2.04. The van der Waals surface area contributed by atoms with Crippen LogP contribution in [0.2, 0.25) is 0 Å². The van der Waals surface area contributed by atoms with Crippen molar-refractivity contribution in [3.8, 4) is 0 Å². The molecule has 0 aromatic carbocycles. The number of amides is 1. The molecule has 0 saturated heterocycles. The van der Waals surface area contributed by atoms with Gasteiger partial charge in [-0.15, -0.1) is 0 Å². The molecule has 0 fully saturated rings. The fourth-order valence-electron chi connectivity index (χ4n) is 0.596. The molecule has 0 spiro atoms. The third-order valence-corrected chi connectivity index (χ3v) is 1.00. The molecule has 0 unspecified atom stereocenters. The van der Waals surface area contributed by atoms with Gasteiger partial charge in [0.05, 0.1) is 6.10 Å². The summed E-state index contributed by atoms with van der Waals surface area (Å²) < 4.78 is 0. The van der Waals surface area contributed by atoms with Crippen molar-refractivity contribution >= 4 is 5.91 Å². The van der Waals surface area contributed by atoms with Crippen molar-refractivity contribution in [3.05, 3.63) is 0 Å². The Kier molecular flexibility index (Phi) is 4.86. The largest absolute Gasteiger partial charge is 0.273 e. The van der Waals surface area contributed by atoms with Gasteiger partial charge >= 0.3 is 0 Å². The van der Waals surface area contributed by atoms with Crippen LogP contribution in [-0.4, -0.2) is 12.0 Å². The van der Waals surface area contributed by atoms with Crippen LogP contribution >= 0.6 is 0 Å². The van der Waals surface area contributed by atoms with E-state index < -0.39 is 0 Å². The first kappa shape index (κ1) is 10.4. The smallest absolute Gasteiger partial charge is 0.243 e. The fraction of sp³-hybridized carbons (Fsp3) is 0.875. The summed E-state index contributed by atoms with van der Waals surface area (Å²) in [6.07, 6.45) is 0.568. The van der Waals surface area contributed by atoms with Crippen LogP contribution in [0.15, 0.2) is 0 Å². The average molecular weight is 159 g/mol. The summed E-state index contributed by atoms with van der Waals surface area (Å²) in [5.41, 5.74) is 2.37. The Labute approximate surface area is 68.1 Å². The number of hydrogen-bond acceptors (Lipinski definition) is 2. The first-order valence-corrected chi connectivity index (χ1v) is 3.97. The van der Waals surface area contributed by atoms with Gasteiger partial charge in [0.1, 0.15) is 0 Å². The molecule has 1 amide bonds. The van der Waals surface area contributed by atoms with Crippen LogP contribution in [0.25, 0.3) is 0 Å². The molecule has 1 N–H and O–H groups in total. The molecule has 3 nitrogen and oxygen atoms in total. The van der Waals surface area contributed by atoms with E-state index in [0.717, 1.165) is 0 Å². The lowest BCUT2D eigenvalue weighted by atomic mass is 10.1. The Hall–Kier alpha value is -0.570. The summed E-state index contributed by atoms with van der Waals surface area (Å²) in [4.78, 5) is 15.8. The molecular formula is C8H17NO2. The molecule has 0 aromatic rings. The van der Waals surface area contributed by atoms with E-state index in [4.69, 9.17) is 4.84 Å². The van der Waals surface area contributed by atoms with Crippen molar-refractivity contribution in [2.45, 2.75) is 40.2 Å². The van der Waals surface area contributed by atoms with Gasteiger partial charge in [0.2, 0.25) is 5.91 Å². The maximum Gasteiger partial charge on any atom is 0.243 e. The van der Waals surface area contributed by atoms with Gasteiger partial charge in [0.15, 0.2) is 0 Å². The summed E-state index contributed by atoms with van der Waals surface area (Å²) in [6, 6.07) is 0. The van der Waals surface area contributed by atoms with Crippen LogP contribution in [0.1, 0.15) is 34.1 Å². The predicted molar refractivity (Wildman–Crippen MR) is 43.8 cm³/mol. The van der Waals surface area contributed by atoms with Crippen molar-refractivity contribution in [1.29, 1.82) is 0 Å². The summed E-state index contributed by atoms with van der Waals surface area (Å²) in [5, 5.41) is 0. The SMILES string of the molecule is CC(C)CC(=O)NOC(C)C. The van der Waals surface area contributed by atoms with Gasteiger partial charge in [-0.05, 0) is 19.8 Å². The lowest BCUT2D eigenvalue weighted by molar-refractivity contribution is -0.137. The summed E-state index contributed by atoms with van der Waals surface area (Å²) in [7, 11) is 0. The standard InChI is InChI=1S/C8H17NO2/c1-6(2)5-8(10)9-11-7(3)4/h6-7H,5H2,1-4H3,(H,9,10). The van der Waals surface area contributed by atoms with E-state index >= 15 is 0 Å². The molecule has 0 aliphatic rings. The molecule has 0 radical (unpaired) electrons. The van der Waals surface area contributed by atoms with Gasteiger partial charge in [-0.1, -0.05) is 13.8 Å². The molecular weight excluding hydrogens is 142 g/mol. The van der Waals surface area contributed by atoms with E-state index in [-0.39, 0.29) is 12.0 Å². The number of rotatable bonds is 4.